The minimum atomic E-state index is -0.0408. The number of carbonyl (C=O) groups excluding carboxylic acids is 2. The lowest BCUT2D eigenvalue weighted by Crippen LogP contribution is -2.30. The average molecular weight is 349 g/mol. The number of hydrogen-bond acceptors (Lipinski definition) is 2. The Morgan fingerprint density at radius 3 is 2.12 bits per heavy atom. The van der Waals surface area contributed by atoms with Crippen LogP contribution in [0.15, 0.2) is 42.0 Å². The molecule has 0 radical (unpaired) electrons. The summed E-state index contributed by atoms with van der Waals surface area (Å²) in [5.74, 6) is 0.0287. The number of carbonyl (C=O) groups is 2. The van der Waals surface area contributed by atoms with Crippen molar-refractivity contribution in [1.82, 2.24) is 5.32 Å². The average Bonchev–Trinajstić information content (AvgIpc) is 2.57. The van der Waals surface area contributed by atoms with Gasteiger partial charge in [0.05, 0.1) is 0 Å². The fraction of sp³-hybridized carbons (Fsp3) is 0.304. The van der Waals surface area contributed by atoms with Crippen LogP contribution < -0.4 is 5.32 Å². The monoisotopic (exact) mass is 349 g/mol. The lowest BCUT2D eigenvalue weighted by Gasteiger charge is -2.12. The van der Waals surface area contributed by atoms with Gasteiger partial charge in [-0.3, -0.25) is 9.59 Å². The summed E-state index contributed by atoms with van der Waals surface area (Å²) in [4.78, 5) is 23.6. The highest BCUT2D eigenvalue weighted by Gasteiger charge is 2.10. The summed E-state index contributed by atoms with van der Waals surface area (Å²) in [5.41, 5.74) is 6.92. The van der Waals surface area contributed by atoms with E-state index in [1.54, 1.807) is 6.92 Å². The van der Waals surface area contributed by atoms with Crippen LogP contribution in [0.1, 0.15) is 54.7 Å². The predicted octanol–water partition coefficient (Wildman–Crippen LogP) is 5.10. The van der Waals surface area contributed by atoms with Crippen LogP contribution >= 0.6 is 0 Å². The molecule has 1 N–H and O–H groups in total. The summed E-state index contributed by atoms with van der Waals surface area (Å²) in [6, 6.07) is 12.0. The number of Topliss-reactive ketones (excluding diaryl/α,β-unsaturated/α-hetero) is 1. The minimum Gasteiger partial charge on any atom is -0.350 e. The van der Waals surface area contributed by atoms with E-state index in [1.807, 2.05) is 58.0 Å². The summed E-state index contributed by atoms with van der Waals surface area (Å²) < 4.78 is 0. The zero-order valence-electron chi connectivity index (χ0n) is 16.4. The standard InChI is InChI=1S/C23H27NO2/c1-14(2)24-23(26)17(5)12-21-11-16(4)22(13-15(21)3)20-9-7-19(8-10-20)18(6)25/h7-14H,1-6H3,(H,24,26)/b17-12+. The van der Waals surface area contributed by atoms with Gasteiger partial charge in [0.1, 0.15) is 0 Å². The molecular weight excluding hydrogens is 322 g/mol. The van der Waals surface area contributed by atoms with Gasteiger partial charge in [-0.15, -0.1) is 0 Å². The highest BCUT2D eigenvalue weighted by atomic mass is 16.1. The van der Waals surface area contributed by atoms with E-state index in [2.05, 4.69) is 24.4 Å². The van der Waals surface area contributed by atoms with Crippen molar-refractivity contribution in [3.05, 3.63) is 64.2 Å². The third-order valence-corrected chi connectivity index (χ3v) is 4.37. The molecule has 3 heteroatoms. The fourth-order valence-corrected chi connectivity index (χ4v) is 2.86. The molecule has 0 aliphatic rings. The molecule has 0 unspecified atom stereocenters. The molecule has 0 aliphatic heterocycles. The Morgan fingerprint density at radius 2 is 1.58 bits per heavy atom. The normalized spacial score (nSPS) is 11.6. The number of amides is 1. The van der Waals surface area contributed by atoms with E-state index in [0.717, 1.165) is 33.4 Å². The predicted molar refractivity (Wildman–Crippen MR) is 108 cm³/mol. The van der Waals surface area contributed by atoms with E-state index < -0.39 is 0 Å². The summed E-state index contributed by atoms with van der Waals surface area (Å²) in [6.45, 7) is 11.4. The van der Waals surface area contributed by atoms with Gasteiger partial charge in [0, 0.05) is 17.2 Å². The van der Waals surface area contributed by atoms with Gasteiger partial charge in [0.15, 0.2) is 5.78 Å². The van der Waals surface area contributed by atoms with Crippen LogP contribution in [0.2, 0.25) is 0 Å². The summed E-state index contributed by atoms with van der Waals surface area (Å²) >= 11 is 0. The molecule has 3 nitrogen and oxygen atoms in total. The van der Waals surface area contributed by atoms with Crippen molar-refractivity contribution in [2.75, 3.05) is 0 Å². The van der Waals surface area contributed by atoms with Gasteiger partial charge in [0.2, 0.25) is 5.91 Å². The van der Waals surface area contributed by atoms with E-state index in [4.69, 9.17) is 0 Å². The van der Waals surface area contributed by atoms with Gasteiger partial charge in [-0.2, -0.15) is 0 Å². The minimum absolute atomic E-state index is 0.0408. The van der Waals surface area contributed by atoms with Gasteiger partial charge in [-0.25, -0.2) is 0 Å². The van der Waals surface area contributed by atoms with Crippen LogP contribution in [0.5, 0.6) is 0 Å². The van der Waals surface area contributed by atoms with E-state index in [1.165, 1.54) is 0 Å². The molecule has 0 aromatic heterocycles. The number of rotatable bonds is 5. The molecule has 2 aromatic carbocycles. The molecule has 0 fully saturated rings. The Kier molecular flexibility index (Phi) is 6.14. The smallest absolute Gasteiger partial charge is 0.247 e. The molecule has 0 aliphatic carbocycles. The van der Waals surface area contributed by atoms with Crippen LogP contribution in [0.3, 0.4) is 0 Å². The quantitative estimate of drug-likeness (QED) is 0.603. The first kappa shape index (κ1) is 19.6. The molecule has 2 aromatic rings. The van der Waals surface area contributed by atoms with Crippen molar-refractivity contribution in [2.24, 2.45) is 0 Å². The lowest BCUT2D eigenvalue weighted by molar-refractivity contribution is -0.117. The van der Waals surface area contributed by atoms with Crippen LogP contribution in [-0.4, -0.2) is 17.7 Å². The molecule has 0 heterocycles. The number of ketones is 1. The number of hydrogen-bond donors (Lipinski definition) is 1. The van der Waals surface area contributed by atoms with Gasteiger partial charge < -0.3 is 5.32 Å². The van der Waals surface area contributed by atoms with E-state index in [-0.39, 0.29) is 17.7 Å². The molecule has 1 amide bonds. The maximum Gasteiger partial charge on any atom is 0.247 e. The van der Waals surface area contributed by atoms with Crippen molar-refractivity contribution in [1.29, 1.82) is 0 Å². The van der Waals surface area contributed by atoms with E-state index in [9.17, 15) is 9.59 Å². The molecule has 2 rings (SSSR count). The molecule has 0 atom stereocenters. The van der Waals surface area contributed by atoms with Crippen LogP contribution in [0.25, 0.3) is 17.2 Å². The Labute approximate surface area is 156 Å². The largest absolute Gasteiger partial charge is 0.350 e. The molecule has 0 saturated carbocycles. The molecule has 136 valence electrons. The molecular formula is C23H27NO2. The maximum absolute atomic E-state index is 12.1. The fourth-order valence-electron chi connectivity index (χ4n) is 2.86. The highest BCUT2D eigenvalue weighted by Crippen LogP contribution is 2.28. The van der Waals surface area contributed by atoms with Crippen LogP contribution in [0, 0.1) is 13.8 Å². The van der Waals surface area contributed by atoms with Gasteiger partial charge in [0.25, 0.3) is 0 Å². The molecule has 0 bridgehead atoms. The maximum atomic E-state index is 12.1. The topological polar surface area (TPSA) is 46.2 Å². The van der Waals surface area contributed by atoms with Crippen LogP contribution in [-0.2, 0) is 4.79 Å². The summed E-state index contributed by atoms with van der Waals surface area (Å²) in [6.07, 6.45) is 1.93. The second-order valence-electron chi connectivity index (χ2n) is 7.11. The van der Waals surface area contributed by atoms with E-state index >= 15 is 0 Å². The number of benzene rings is 2. The van der Waals surface area contributed by atoms with E-state index in [0.29, 0.717) is 5.57 Å². The molecule has 26 heavy (non-hydrogen) atoms. The zero-order chi connectivity index (χ0) is 19.4. The van der Waals surface area contributed by atoms with Gasteiger partial charge in [-0.1, -0.05) is 36.4 Å². The second kappa shape index (κ2) is 8.13. The first-order valence-corrected chi connectivity index (χ1v) is 8.91. The first-order valence-electron chi connectivity index (χ1n) is 8.91. The second-order valence-corrected chi connectivity index (χ2v) is 7.11. The number of nitrogens with one attached hydrogen (secondary N) is 1. The lowest BCUT2D eigenvalue weighted by atomic mass is 9.93. The van der Waals surface area contributed by atoms with Crippen molar-refractivity contribution < 1.29 is 9.59 Å². The van der Waals surface area contributed by atoms with Crippen molar-refractivity contribution in [3.63, 3.8) is 0 Å². The third kappa shape index (κ3) is 4.69. The SMILES string of the molecule is CC(=O)c1ccc(-c2cc(C)c(/C=C(\C)C(=O)NC(C)C)cc2C)cc1. The van der Waals surface area contributed by atoms with Crippen molar-refractivity contribution in [2.45, 2.75) is 47.6 Å². The van der Waals surface area contributed by atoms with Crippen molar-refractivity contribution >= 4 is 17.8 Å². The van der Waals surface area contributed by atoms with Crippen LogP contribution in [0.4, 0.5) is 0 Å². The Bertz CT molecular complexity index is 859. The third-order valence-electron chi connectivity index (χ3n) is 4.37. The Balaban J connectivity index is 2.36. The van der Waals surface area contributed by atoms with Crippen molar-refractivity contribution in [3.8, 4) is 11.1 Å². The highest BCUT2D eigenvalue weighted by molar-refractivity contribution is 5.97. The van der Waals surface area contributed by atoms with Gasteiger partial charge >= 0.3 is 0 Å². The Morgan fingerprint density at radius 1 is 0.962 bits per heavy atom. The van der Waals surface area contributed by atoms with Gasteiger partial charge in [-0.05, 0) is 75.4 Å². The molecule has 0 spiro atoms. The first-order chi connectivity index (χ1) is 12.2. The molecule has 0 saturated heterocycles. The zero-order valence-corrected chi connectivity index (χ0v) is 16.4. The number of aryl methyl sites for hydroxylation is 2. The summed E-state index contributed by atoms with van der Waals surface area (Å²) in [7, 11) is 0. The Hall–Kier alpha value is -2.68. The summed E-state index contributed by atoms with van der Waals surface area (Å²) in [5, 5.41) is 2.91.